The summed E-state index contributed by atoms with van der Waals surface area (Å²) >= 11 is 1.72. The normalized spacial score (nSPS) is 21.1. The summed E-state index contributed by atoms with van der Waals surface area (Å²) in [6.07, 6.45) is 3.38. The number of rotatable bonds is 4. The molecule has 1 atom stereocenters. The van der Waals surface area contributed by atoms with Crippen LogP contribution in [0.5, 0.6) is 0 Å². The Morgan fingerprint density at radius 2 is 1.93 bits per heavy atom. The summed E-state index contributed by atoms with van der Waals surface area (Å²) in [5.41, 5.74) is 1.04. The van der Waals surface area contributed by atoms with Gasteiger partial charge in [0.25, 0.3) is 0 Å². The Bertz CT molecular complexity index is 811. The number of ether oxygens (including phenoxy) is 1. The molecule has 3 heterocycles. The first-order valence-corrected chi connectivity index (χ1v) is 11.0. The van der Waals surface area contributed by atoms with Gasteiger partial charge in [0.05, 0.1) is 22.7 Å². The van der Waals surface area contributed by atoms with E-state index in [1.54, 1.807) is 11.3 Å². The van der Waals surface area contributed by atoms with Crippen LogP contribution in [0.15, 0.2) is 24.3 Å². The number of hydrogen-bond donors (Lipinski definition) is 0. The summed E-state index contributed by atoms with van der Waals surface area (Å²) in [6.45, 7) is 5.19. The monoisotopic (exact) mass is 401 g/mol. The molecule has 0 bridgehead atoms. The van der Waals surface area contributed by atoms with Crippen LogP contribution >= 0.6 is 11.3 Å². The predicted octanol–water partition coefficient (Wildman–Crippen LogP) is 3.31. The van der Waals surface area contributed by atoms with Crippen LogP contribution in [0.3, 0.4) is 0 Å². The van der Waals surface area contributed by atoms with E-state index in [-0.39, 0.29) is 23.7 Å². The maximum atomic E-state index is 13.0. The molecule has 2 fully saturated rings. The van der Waals surface area contributed by atoms with Crippen LogP contribution in [-0.2, 0) is 14.3 Å². The Hall–Kier alpha value is -2.15. The molecular formula is C21H27N3O3S. The predicted molar refractivity (Wildman–Crippen MR) is 110 cm³/mol. The highest BCUT2D eigenvalue weighted by Gasteiger charge is 2.34. The van der Waals surface area contributed by atoms with E-state index in [1.165, 1.54) is 4.70 Å². The lowest BCUT2D eigenvalue weighted by molar-refractivity contribution is -0.152. The lowest BCUT2D eigenvalue weighted by Crippen LogP contribution is -2.47. The van der Waals surface area contributed by atoms with E-state index in [4.69, 9.17) is 9.72 Å². The summed E-state index contributed by atoms with van der Waals surface area (Å²) in [6, 6.07) is 8.20. The highest BCUT2D eigenvalue weighted by molar-refractivity contribution is 7.22. The number of thiazole rings is 1. The first-order chi connectivity index (χ1) is 13.7. The van der Waals surface area contributed by atoms with Gasteiger partial charge in [0.15, 0.2) is 5.13 Å². The van der Waals surface area contributed by atoms with Crippen LogP contribution in [-0.4, -0.2) is 54.5 Å². The molecule has 4 rings (SSSR count). The summed E-state index contributed by atoms with van der Waals surface area (Å²) in [5, 5.41) is 1.05. The molecule has 1 amide bonds. The van der Waals surface area contributed by atoms with Gasteiger partial charge in [-0.3, -0.25) is 9.59 Å². The topological polar surface area (TPSA) is 62.7 Å². The molecule has 2 aliphatic heterocycles. The molecule has 0 N–H and O–H groups in total. The van der Waals surface area contributed by atoms with Gasteiger partial charge in [0.1, 0.15) is 0 Å². The average molecular weight is 402 g/mol. The minimum absolute atomic E-state index is 0.0478. The van der Waals surface area contributed by atoms with Crippen LogP contribution < -0.4 is 4.90 Å². The molecule has 1 aromatic heterocycles. The zero-order valence-corrected chi connectivity index (χ0v) is 17.1. The molecule has 1 aromatic carbocycles. The van der Waals surface area contributed by atoms with Crippen LogP contribution in [0.4, 0.5) is 5.13 Å². The number of amides is 1. The maximum Gasteiger partial charge on any atom is 0.310 e. The van der Waals surface area contributed by atoms with Crippen molar-refractivity contribution in [1.29, 1.82) is 0 Å². The molecule has 0 aliphatic carbocycles. The van der Waals surface area contributed by atoms with Crippen molar-refractivity contribution in [3.8, 4) is 0 Å². The number of para-hydroxylation sites is 1. The van der Waals surface area contributed by atoms with Gasteiger partial charge in [0, 0.05) is 32.1 Å². The third-order valence-electron chi connectivity index (χ3n) is 5.75. The van der Waals surface area contributed by atoms with E-state index in [0.29, 0.717) is 13.2 Å². The number of benzene rings is 1. The fraction of sp³-hybridized carbons (Fsp3) is 0.571. The molecule has 2 saturated heterocycles. The van der Waals surface area contributed by atoms with Crippen molar-refractivity contribution in [3.05, 3.63) is 24.3 Å². The number of nitrogens with zero attached hydrogens (tertiary/aromatic N) is 3. The molecular weight excluding hydrogens is 374 g/mol. The number of fused-ring (bicyclic) bond motifs is 1. The van der Waals surface area contributed by atoms with Gasteiger partial charge in [0.2, 0.25) is 5.91 Å². The Labute approximate surface area is 169 Å². The summed E-state index contributed by atoms with van der Waals surface area (Å²) < 4.78 is 6.36. The number of carbonyl (C=O) groups is 2. The molecule has 7 heteroatoms. The first kappa shape index (κ1) is 19.2. The summed E-state index contributed by atoms with van der Waals surface area (Å²) in [5.74, 6) is -0.0735. The van der Waals surface area contributed by atoms with Gasteiger partial charge >= 0.3 is 5.97 Å². The minimum Gasteiger partial charge on any atom is -0.466 e. The Kier molecular flexibility index (Phi) is 5.80. The number of likely N-dealkylation sites (tertiary alicyclic amines) is 1. The van der Waals surface area contributed by atoms with Crippen molar-refractivity contribution >= 4 is 38.6 Å². The van der Waals surface area contributed by atoms with Gasteiger partial charge in [-0.25, -0.2) is 4.98 Å². The molecule has 0 spiro atoms. The van der Waals surface area contributed by atoms with E-state index >= 15 is 0 Å². The number of piperidine rings is 2. The zero-order chi connectivity index (χ0) is 19.5. The largest absolute Gasteiger partial charge is 0.466 e. The maximum absolute atomic E-state index is 13.0. The van der Waals surface area contributed by atoms with E-state index in [9.17, 15) is 9.59 Å². The lowest BCUT2D eigenvalue weighted by atomic mass is 9.92. The molecule has 150 valence electrons. The fourth-order valence-corrected chi connectivity index (χ4v) is 5.22. The molecule has 1 unspecified atom stereocenters. The van der Waals surface area contributed by atoms with Crippen molar-refractivity contribution < 1.29 is 14.3 Å². The van der Waals surface area contributed by atoms with Crippen LogP contribution in [0.2, 0.25) is 0 Å². The highest BCUT2D eigenvalue weighted by atomic mass is 32.1. The molecule has 0 radical (unpaired) electrons. The average Bonchev–Trinajstić information content (AvgIpc) is 3.18. The van der Waals surface area contributed by atoms with Crippen molar-refractivity contribution in [2.45, 2.75) is 32.6 Å². The first-order valence-electron chi connectivity index (χ1n) is 10.2. The molecule has 0 saturated carbocycles. The lowest BCUT2D eigenvalue weighted by Gasteiger charge is -2.37. The number of hydrogen-bond acceptors (Lipinski definition) is 6. The van der Waals surface area contributed by atoms with E-state index in [2.05, 4.69) is 11.0 Å². The number of anilines is 1. The van der Waals surface area contributed by atoms with E-state index in [1.807, 2.05) is 30.0 Å². The Morgan fingerprint density at radius 3 is 2.68 bits per heavy atom. The van der Waals surface area contributed by atoms with E-state index < -0.39 is 0 Å². The number of esters is 1. The standard InChI is InChI=1S/C21H27N3O3S/c1-2-27-20(26)16-6-5-11-24(14-16)19(25)15-9-12-23(13-10-15)21-22-17-7-3-4-8-18(17)28-21/h3-4,7-8,15-16H,2,5-6,9-14H2,1H3. The Balaban J connectivity index is 1.34. The van der Waals surface area contributed by atoms with Gasteiger partial charge in [-0.1, -0.05) is 23.5 Å². The van der Waals surface area contributed by atoms with Crippen LogP contribution in [0, 0.1) is 11.8 Å². The van der Waals surface area contributed by atoms with Gasteiger partial charge < -0.3 is 14.5 Å². The minimum atomic E-state index is -0.166. The van der Waals surface area contributed by atoms with Gasteiger partial charge in [-0.2, -0.15) is 0 Å². The molecule has 2 aliphatic rings. The zero-order valence-electron chi connectivity index (χ0n) is 16.3. The molecule has 28 heavy (non-hydrogen) atoms. The molecule has 2 aromatic rings. The Morgan fingerprint density at radius 1 is 1.14 bits per heavy atom. The highest BCUT2D eigenvalue weighted by Crippen LogP contribution is 2.32. The number of carbonyl (C=O) groups excluding carboxylic acids is 2. The van der Waals surface area contributed by atoms with Crippen LogP contribution in [0.1, 0.15) is 32.6 Å². The van der Waals surface area contributed by atoms with Crippen molar-refractivity contribution in [1.82, 2.24) is 9.88 Å². The third kappa shape index (κ3) is 3.99. The quantitative estimate of drug-likeness (QED) is 0.736. The van der Waals surface area contributed by atoms with Crippen LogP contribution in [0.25, 0.3) is 10.2 Å². The SMILES string of the molecule is CCOC(=O)C1CCCN(C(=O)C2CCN(c3nc4ccccc4s3)CC2)C1. The van der Waals surface area contributed by atoms with Crippen molar-refractivity contribution in [3.63, 3.8) is 0 Å². The smallest absolute Gasteiger partial charge is 0.310 e. The fourth-order valence-electron chi connectivity index (χ4n) is 4.20. The van der Waals surface area contributed by atoms with Crippen molar-refractivity contribution in [2.75, 3.05) is 37.7 Å². The van der Waals surface area contributed by atoms with Gasteiger partial charge in [-0.05, 0) is 44.7 Å². The summed E-state index contributed by atoms with van der Waals surface area (Å²) in [4.78, 5) is 34.0. The second kappa shape index (κ2) is 8.47. The van der Waals surface area contributed by atoms with E-state index in [0.717, 1.165) is 56.0 Å². The number of aromatic nitrogens is 1. The van der Waals surface area contributed by atoms with Gasteiger partial charge in [-0.15, -0.1) is 0 Å². The third-order valence-corrected chi connectivity index (χ3v) is 6.85. The van der Waals surface area contributed by atoms with Crippen molar-refractivity contribution in [2.24, 2.45) is 11.8 Å². The molecule has 6 nitrogen and oxygen atoms in total. The second-order valence-corrected chi connectivity index (χ2v) is 8.61. The summed E-state index contributed by atoms with van der Waals surface area (Å²) in [7, 11) is 0. The second-order valence-electron chi connectivity index (χ2n) is 7.60.